The van der Waals surface area contributed by atoms with Crippen LogP contribution in [0.5, 0.6) is 0 Å². The Hall–Kier alpha value is -0.180. The summed E-state index contributed by atoms with van der Waals surface area (Å²) in [5, 5.41) is 3.27. The van der Waals surface area contributed by atoms with Gasteiger partial charge in [0, 0.05) is 18.7 Å². The molecule has 0 aromatic carbocycles. The van der Waals surface area contributed by atoms with Crippen LogP contribution in [-0.2, 0) is 4.79 Å². The molecule has 0 fully saturated rings. The zero-order valence-corrected chi connectivity index (χ0v) is 25.9. The van der Waals surface area contributed by atoms with Crippen molar-refractivity contribution >= 4 is 17.7 Å². The number of hydrogen-bond acceptors (Lipinski definition) is 2. The Morgan fingerprint density at radius 2 is 1.06 bits per heavy atom. The summed E-state index contributed by atoms with van der Waals surface area (Å²) in [4.78, 5) is 12.5. The molecule has 1 atom stereocenters. The van der Waals surface area contributed by atoms with E-state index < -0.39 is 0 Å². The van der Waals surface area contributed by atoms with Crippen LogP contribution in [0, 0.1) is 10.8 Å². The maximum atomic E-state index is 12.5. The highest BCUT2D eigenvalue weighted by Gasteiger charge is 2.24. The lowest BCUT2D eigenvalue weighted by Crippen LogP contribution is -2.29. The molecule has 0 aromatic rings. The van der Waals surface area contributed by atoms with E-state index in [9.17, 15) is 4.79 Å². The SMILES string of the molecule is CCCCCCC(C)(CCCCCC)CCNC(=O)CCSCC(C)(CCCC)CCCCCC. The molecule has 35 heavy (non-hydrogen) atoms. The lowest BCUT2D eigenvalue weighted by Gasteiger charge is -2.30. The number of hydrogen-bond donors (Lipinski definition) is 1. The molecule has 3 heteroatoms. The van der Waals surface area contributed by atoms with Gasteiger partial charge in [0.1, 0.15) is 0 Å². The summed E-state index contributed by atoms with van der Waals surface area (Å²) in [6.07, 6.45) is 25.9. The fourth-order valence-electron chi connectivity index (χ4n) is 5.26. The van der Waals surface area contributed by atoms with E-state index in [1.807, 2.05) is 11.8 Å². The first kappa shape index (κ1) is 34.8. The van der Waals surface area contributed by atoms with E-state index in [2.05, 4.69) is 46.9 Å². The van der Waals surface area contributed by atoms with Gasteiger partial charge in [-0.15, -0.1) is 0 Å². The third kappa shape index (κ3) is 20.6. The van der Waals surface area contributed by atoms with E-state index in [-0.39, 0.29) is 5.91 Å². The van der Waals surface area contributed by atoms with Crippen LogP contribution in [0.25, 0.3) is 0 Å². The zero-order valence-electron chi connectivity index (χ0n) is 25.1. The normalized spacial score (nSPS) is 13.7. The van der Waals surface area contributed by atoms with Crippen LogP contribution in [0.15, 0.2) is 0 Å². The van der Waals surface area contributed by atoms with Gasteiger partial charge < -0.3 is 5.32 Å². The number of unbranched alkanes of at least 4 members (excludes halogenated alkanes) is 10. The van der Waals surface area contributed by atoms with Crippen LogP contribution in [0.1, 0.15) is 170 Å². The molecule has 1 amide bonds. The molecule has 210 valence electrons. The number of amides is 1. The standard InChI is InChI=1S/C32H65NOS/c1-7-11-15-18-23-31(5,24-19-16-12-8-2)26-27-33-30(34)21-28-35-29-32(6,22-14-10-4)25-20-17-13-9-3/h7-29H2,1-6H3,(H,33,34). The van der Waals surface area contributed by atoms with Crippen LogP contribution in [0.2, 0.25) is 0 Å². The first-order valence-electron chi connectivity index (χ1n) is 15.7. The van der Waals surface area contributed by atoms with Gasteiger partial charge in [-0.2, -0.15) is 11.8 Å². The van der Waals surface area contributed by atoms with Crippen molar-refractivity contribution in [3.8, 4) is 0 Å². The van der Waals surface area contributed by atoms with Crippen LogP contribution < -0.4 is 5.32 Å². The summed E-state index contributed by atoms with van der Waals surface area (Å²) in [6.45, 7) is 15.0. The van der Waals surface area contributed by atoms with E-state index in [0.717, 1.165) is 18.7 Å². The minimum Gasteiger partial charge on any atom is -0.356 e. The highest BCUT2D eigenvalue weighted by Crippen LogP contribution is 2.36. The van der Waals surface area contributed by atoms with Gasteiger partial charge in [-0.25, -0.2) is 0 Å². The van der Waals surface area contributed by atoms with Crippen molar-refractivity contribution in [2.75, 3.05) is 18.1 Å². The quantitative estimate of drug-likeness (QED) is 0.117. The Morgan fingerprint density at radius 3 is 1.54 bits per heavy atom. The van der Waals surface area contributed by atoms with E-state index in [1.165, 1.54) is 121 Å². The Kier molecular flexibility index (Phi) is 22.9. The lowest BCUT2D eigenvalue weighted by molar-refractivity contribution is -0.120. The first-order chi connectivity index (χ1) is 16.8. The second-order valence-corrected chi connectivity index (χ2v) is 13.2. The number of carbonyl (C=O) groups excluding carboxylic acids is 1. The van der Waals surface area contributed by atoms with Crippen molar-refractivity contribution in [2.45, 2.75) is 170 Å². The largest absolute Gasteiger partial charge is 0.356 e. The van der Waals surface area contributed by atoms with Gasteiger partial charge in [0.2, 0.25) is 5.91 Å². The molecule has 0 aliphatic rings. The van der Waals surface area contributed by atoms with E-state index in [1.54, 1.807) is 0 Å². The van der Waals surface area contributed by atoms with Crippen LogP contribution in [0.3, 0.4) is 0 Å². The average Bonchev–Trinajstić information content (AvgIpc) is 2.84. The van der Waals surface area contributed by atoms with Gasteiger partial charge in [-0.3, -0.25) is 4.79 Å². The van der Waals surface area contributed by atoms with E-state index in [4.69, 9.17) is 0 Å². The van der Waals surface area contributed by atoms with Crippen molar-refractivity contribution in [3.05, 3.63) is 0 Å². The highest BCUT2D eigenvalue weighted by molar-refractivity contribution is 7.99. The summed E-state index contributed by atoms with van der Waals surface area (Å²) in [5.41, 5.74) is 0.838. The molecule has 0 radical (unpaired) electrons. The monoisotopic (exact) mass is 511 g/mol. The maximum Gasteiger partial charge on any atom is 0.220 e. The smallest absolute Gasteiger partial charge is 0.220 e. The summed E-state index contributed by atoms with van der Waals surface area (Å²) < 4.78 is 0. The fourth-order valence-corrected chi connectivity index (χ4v) is 6.51. The summed E-state index contributed by atoms with van der Waals surface area (Å²) in [5.74, 6) is 2.43. The molecule has 0 aromatic heterocycles. The fraction of sp³-hybridized carbons (Fsp3) is 0.969. The maximum absolute atomic E-state index is 12.5. The molecular formula is C32H65NOS. The highest BCUT2D eigenvalue weighted by atomic mass is 32.2. The van der Waals surface area contributed by atoms with Crippen LogP contribution >= 0.6 is 11.8 Å². The van der Waals surface area contributed by atoms with Crippen molar-refractivity contribution < 1.29 is 4.79 Å². The second kappa shape index (κ2) is 23.0. The Balaban J connectivity index is 4.34. The number of carbonyl (C=O) groups is 1. The molecule has 0 saturated heterocycles. The Bertz CT molecular complexity index is 468. The van der Waals surface area contributed by atoms with Gasteiger partial charge in [0.15, 0.2) is 0 Å². The molecule has 2 nitrogen and oxygen atoms in total. The average molecular weight is 512 g/mol. The summed E-state index contributed by atoms with van der Waals surface area (Å²) in [7, 11) is 0. The Morgan fingerprint density at radius 1 is 0.600 bits per heavy atom. The third-order valence-electron chi connectivity index (χ3n) is 8.01. The molecule has 1 unspecified atom stereocenters. The molecule has 0 aliphatic heterocycles. The second-order valence-electron chi connectivity index (χ2n) is 12.1. The van der Waals surface area contributed by atoms with Gasteiger partial charge in [-0.1, -0.05) is 131 Å². The van der Waals surface area contributed by atoms with Crippen LogP contribution in [-0.4, -0.2) is 24.0 Å². The molecule has 0 heterocycles. The van der Waals surface area contributed by atoms with Gasteiger partial charge >= 0.3 is 0 Å². The topological polar surface area (TPSA) is 29.1 Å². The predicted octanol–water partition coefficient (Wildman–Crippen LogP) is 10.7. The predicted molar refractivity (Wildman–Crippen MR) is 162 cm³/mol. The molecule has 0 rings (SSSR count). The van der Waals surface area contributed by atoms with E-state index in [0.29, 0.717) is 17.3 Å². The minimum absolute atomic E-state index is 0.259. The number of thioether (sulfide) groups is 1. The third-order valence-corrected chi connectivity index (χ3v) is 9.40. The lowest BCUT2D eigenvalue weighted by atomic mass is 9.77. The van der Waals surface area contributed by atoms with Gasteiger partial charge in [0.05, 0.1) is 0 Å². The zero-order chi connectivity index (χ0) is 26.3. The van der Waals surface area contributed by atoms with Crippen molar-refractivity contribution in [1.29, 1.82) is 0 Å². The molecule has 0 bridgehead atoms. The number of rotatable bonds is 26. The minimum atomic E-state index is 0.259. The molecule has 1 N–H and O–H groups in total. The van der Waals surface area contributed by atoms with Gasteiger partial charge in [-0.05, 0) is 48.7 Å². The summed E-state index contributed by atoms with van der Waals surface area (Å²) >= 11 is 2.01. The summed E-state index contributed by atoms with van der Waals surface area (Å²) in [6, 6.07) is 0. The van der Waals surface area contributed by atoms with E-state index >= 15 is 0 Å². The van der Waals surface area contributed by atoms with Crippen LogP contribution in [0.4, 0.5) is 0 Å². The molecule has 0 saturated carbocycles. The molecule has 0 spiro atoms. The van der Waals surface area contributed by atoms with Crippen molar-refractivity contribution in [2.24, 2.45) is 10.8 Å². The van der Waals surface area contributed by atoms with Crippen molar-refractivity contribution in [1.82, 2.24) is 5.32 Å². The molecule has 0 aliphatic carbocycles. The molecular weight excluding hydrogens is 446 g/mol. The van der Waals surface area contributed by atoms with Gasteiger partial charge in [0.25, 0.3) is 0 Å². The van der Waals surface area contributed by atoms with Crippen molar-refractivity contribution in [3.63, 3.8) is 0 Å². The first-order valence-corrected chi connectivity index (χ1v) is 16.8. The Labute approximate surface area is 226 Å². The number of nitrogens with one attached hydrogen (secondary N) is 1.